The SMILES string of the molecule is COCC(CC(=O)c1cccc2c1C(N)=NS(=O)(=O)N2)N1CCCC1. The predicted octanol–water partition coefficient (Wildman–Crippen LogP) is 0.746. The molecule has 136 valence electrons. The second-order valence-electron chi connectivity index (χ2n) is 6.26. The zero-order valence-electron chi connectivity index (χ0n) is 14.1. The van der Waals surface area contributed by atoms with Gasteiger partial charge in [0, 0.05) is 25.1 Å². The number of rotatable bonds is 6. The lowest BCUT2D eigenvalue weighted by Crippen LogP contribution is -2.38. The monoisotopic (exact) mass is 366 g/mol. The Hall–Kier alpha value is -1.97. The van der Waals surface area contributed by atoms with Crippen molar-refractivity contribution in [3.8, 4) is 0 Å². The van der Waals surface area contributed by atoms with E-state index in [0.29, 0.717) is 17.7 Å². The molecule has 1 aromatic carbocycles. The minimum absolute atomic E-state index is 0.00528. The number of amidine groups is 1. The van der Waals surface area contributed by atoms with Crippen LogP contribution < -0.4 is 10.5 Å². The van der Waals surface area contributed by atoms with Crippen LogP contribution in [0.3, 0.4) is 0 Å². The molecule has 0 saturated carbocycles. The first-order valence-corrected chi connectivity index (χ1v) is 9.63. The number of ether oxygens (including phenoxy) is 1. The highest BCUT2D eigenvalue weighted by Gasteiger charge is 2.29. The van der Waals surface area contributed by atoms with Crippen molar-refractivity contribution in [1.29, 1.82) is 0 Å². The highest BCUT2D eigenvalue weighted by molar-refractivity contribution is 7.91. The van der Waals surface area contributed by atoms with E-state index >= 15 is 0 Å². The number of nitrogens with one attached hydrogen (secondary N) is 1. The molecular weight excluding hydrogens is 344 g/mol. The van der Waals surface area contributed by atoms with Gasteiger partial charge < -0.3 is 10.5 Å². The first-order valence-electron chi connectivity index (χ1n) is 8.19. The van der Waals surface area contributed by atoms with Crippen LogP contribution in [0.1, 0.15) is 35.2 Å². The Bertz CT molecular complexity index is 800. The zero-order valence-corrected chi connectivity index (χ0v) is 14.9. The summed E-state index contributed by atoms with van der Waals surface area (Å²) in [6, 6.07) is 4.85. The highest BCUT2D eigenvalue weighted by Crippen LogP contribution is 2.27. The molecule has 25 heavy (non-hydrogen) atoms. The predicted molar refractivity (Wildman–Crippen MR) is 95.1 cm³/mol. The van der Waals surface area contributed by atoms with Crippen molar-refractivity contribution < 1.29 is 17.9 Å². The Kier molecular flexibility index (Phi) is 5.07. The molecule has 0 aromatic heterocycles. The molecular formula is C16H22N4O4S. The van der Waals surface area contributed by atoms with Gasteiger partial charge in [0.1, 0.15) is 5.84 Å². The van der Waals surface area contributed by atoms with Crippen molar-refractivity contribution in [3.05, 3.63) is 29.3 Å². The number of ketones is 1. The average molecular weight is 366 g/mol. The van der Waals surface area contributed by atoms with Crippen molar-refractivity contribution in [2.75, 3.05) is 31.5 Å². The third-order valence-electron chi connectivity index (χ3n) is 4.52. The number of Topliss-reactive ketones (excluding diaryl/α,β-unsaturated/α-hetero) is 1. The van der Waals surface area contributed by atoms with Crippen molar-refractivity contribution in [3.63, 3.8) is 0 Å². The largest absolute Gasteiger partial charge is 0.383 e. The summed E-state index contributed by atoms with van der Waals surface area (Å²) in [5.74, 6) is -0.271. The molecule has 1 unspecified atom stereocenters. The number of nitrogens with two attached hydrogens (primary N) is 1. The van der Waals surface area contributed by atoms with Crippen LogP contribution in [0, 0.1) is 0 Å². The third kappa shape index (κ3) is 3.83. The van der Waals surface area contributed by atoms with Gasteiger partial charge in [-0.1, -0.05) is 12.1 Å². The van der Waals surface area contributed by atoms with Gasteiger partial charge in [-0.05, 0) is 32.0 Å². The highest BCUT2D eigenvalue weighted by atomic mass is 32.2. The van der Waals surface area contributed by atoms with E-state index in [1.54, 1.807) is 25.3 Å². The number of anilines is 1. The fourth-order valence-corrected chi connectivity index (χ4v) is 4.24. The average Bonchev–Trinajstić information content (AvgIpc) is 3.06. The summed E-state index contributed by atoms with van der Waals surface area (Å²) in [4.78, 5) is 15.2. The van der Waals surface area contributed by atoms with Crippen molar-refractivity contribution in [2.45, 2.75) is 25.3 Å². The number of benzene rings is 1. The Morgan fingerprint density at radius 2 is 2.12 bits per heavy atom. The summed E-state index contributed by atoms with van der Waals surface area (Å²) in [6.07, 6.45) is 2.53. The first-order chi connectivity index (χ1) is 11.9. The lowest BCUT2D eigenvalue weighted by Gasteiger charge is -2.27. The van der Waals surface area contributed by atoms with Crippen LogP contribution in [0.4, 0.5) is 5.69 Å². The van der Waals surface area contributed by atoms with Crippen LogP contribution in [0.25, 0.3) is 0 Å². The minimum atomic E-state index is -3.86. The van der Waals surface area contributed by atoms with Crippen molar-refractivity contribution in [1.82, 2.24) is 4.90 Å². The molecule has 1 atom stereocenters. The standard InChI is InChI=1S/C16H22N4O4S/c1-24-10-11(20-7-2-3-8-20)9-14(21)12-5-4-6-13-15(12)16(17)19-25(22,23)18-13/h4-6,11,18H,2-3,7-10H2,1H3,(H2,17,19). The van der Waals surface area contributed by atoms with E-state index in [1.165, 1.54) is 0 Å². The Morgan fingerprint density at radius 3 is 2.80 bits per heavy atom. The van der Waals surface area contributed by atoms with E-state index in [4.69, 9.17) is 10.5 Å². The van der Waals surface area contributed by atoms with E-state index < -0.39 is 10.2 Å². The van der Waals surface area contributed by atoms with Gasteiger partial charge in [0.25, 0.3) is 0 Å². The maximum Gasteiger partial charge on any atom is 0.344 e. The van der Waals surface area contributed by atoms with Gasteiger partial charge in [-0.15, -0.1) is 4.40 Å². The van der Waals surface area contributed by atoms with E-state index in [0.717, 1.165) is 25.9 Å². The number of hydrogen-bond donors (Lipinski definition) is 2. The summed E-state index contributed by atoms with van der Waals surface area (Å²) in [7, 11) is -2.24. The lowest BCUT2D eigenvalue weighted by molar-refractivity contribution is 0.0784. The molecule has 2 heterocycles. The fraction of sp³-hybridized carbons (Fsp3) is 0.500. The van der Waals surface area contributed by atoms with Gasteiger partial charge in [0.2, 0.25) is 0 Å². The molecule has 9 heteroatoms. The Balaban J connectivity index is 1.88. The number of likely N-dealkylation sites (tertiary alicyclic amines) is 1. The summed E-state index contributed by atoms with van der Waals surface area (Å²) in [5.41, 5.74) is 6.82. The van der Waals surface area contributed by atoms with Crippen LogP contribution >= 0.6 is 0 Å². The van der Waals surface area contributed by atoms with Crippen LogP contribution in [-0.4, -0.2) is 57.8 Å². The third-order valence-corrected chi connectivity index (χ3v) is 5.43. The summed E-state index contributed by atoms with van der Waals surface area (Å²) >= 11 is 0. The molecule has 0 aliphatic carbocycles. The van der Waals surface area contributed by atoms with Gasteiger partial charge >= 0.3 is 10.2 Å². The van der Waals surface area contributed by atoms with Crippen LogP contribution in [0.5, 0.6) is 0 Å². The quantitative estimate of drug-likeness (QED) is 0.718. The van der Waals surface area contributed by atoms with E-state index in [2.05, 4.69) is 14.0 Å². The van der Waals surface area contributed by atoms with Gasteiger partial charge in [-0.25, -0.2) is 0 Å². The summed E-state index contributed by atoms with van der Waals surface area (Å²) in [6.45, 7) is 2.38. The van der Waals surface area contributed by atoms with Gasteiger partial charge in [0.05, 0.1) is 17.9 Å². The molecule has 1 fully saturated rings. The molecule has 3 rings (SSSR count). The fourth-order valence-electron chi connectivity index (χ4n) is 3.40. The molecule has 2 aliphatic rings. The molecule has 1 saturated heterocycles. The molecule has 0 radical (unpaired) electrons. The number of fused-ring (bicyclic) bond motifs is 1. The number of nitrogens with zero attached hydrogens (tertiary/aromatic N) is 2. The number of carbonyl (C=O) groups excluding carboxylic acids is 1. The van der Waals surface area contributed by atoms with Crippen molar-refractivity contribution in [2.24, 2.45) is 10.1 Å². The topological polar surface area (TPSA) is 114 Å². The number of hydrogen-bond acceptors (Lipinski definition) is 6. The smallest absolute Gasteiger partial charge is 0.344 e. The normalized spacial score (nSPS) is 20.4. The summed E-state index contributed by atoms with van der Waals surface area (Å²) in [5, 5.41) is 0. The molecule has 0 amide bonds. The molecule has 0 bridgehead atoms. The Labute approximate surface area is 147 Å². The molecule has 8 nitrogen and oxygen atoms in total. The molecule has 3 N–H and O–H groups in total. The van der Waals surface area contributed by atoms with Crippen LogP contribution in [0.2, 0.25) is 0 Å². The van der Waals surface area contributed by atoms with Gasteiger partial charge in [-0.2, -0.15) is 8.42 Å². The zero-order chi connectivity index (χ0) is 18.0. The van der Waals surface area contributed by atoms with Crippen LogP contribution in [0.15, 0.2) is 22.6 Å². The van der Waals surface area contributed by atoms with E-state index in [-0.39, 0.29) is 29.8 Å². The lowest BCUT2D eigenvalue weighted by atomic mass is 9.96. The van der Waals surface area contributed by atoms with Crippen molar-refractivity contribution >= 4 is 27.5 Å². The second kappa shape index (κ2) is 7.11. The maximum atomic E-state index is 12.9. The van der Waals surface area contributed by atoms with Gasteiger partial charge in [0.15, 0.2) is 5.78 Å². The Morgan fingerprint density at radius 1 is 1.40 bits per heavy atom. The minimum Gasteiger partial charge on any atom is -0.383 e. The maximum absolute atomic E-state index is 12.9. The second-order valence-corrected chi connectivity index (χ2v) is 7.60. The molecule has 1 aromatic rings. The number of carbonyl (C=O) groups is 1. The molecule has 0 spiro atoms. The van der Waals surface area contributed by atoms with E-state index in [9.17, 15) is 13.2 Å². The summed E-state index contributed by atoms with van der Waals surface area (Å²) < 4.78 is 34.4. The van der Waals surface area contributed by atoms with Gasteiger partial charge in [-0.3, -0.25) is 14.4 Å². The number of methoxy groups -OCH3 is 1. The first kappa shape index (κ1) is 17.8. The molecule has 2 aliphatic heterocycles. The van der Waals surface area contributed by atoms with Crippen LogP contribution in [-0.2, 0) is 14.9 Å². The van der Waals surface area contributed by atoms with E-state index in [1.807, 2.05) is 0 Å².